The van der Waals surface area contributed by atoms with Gasteiger partial charge in [-0.15, -0.1) is 0 Å². The number of anilines is 1. The number of urea groups is 1. The van der Waals surface area contributed by atoms with Crippen LogP contribution >= 0.6 is 11.6 Å². The molecule has 0 bridgehead atoms. The molecule has 3 heterocycles. The first-order valence-electron chi connectivity index (χ1n) is 13.4. The van der Waals surface area contributed by atoms with E-state index in [4.69, 9.17) is 21.4 Å². The Morgan fingerprint density at radius 2 is 1.81 bits per heavy atom. The molecule has 9 nitrogen and oxygen atoms in total. The molecule has 42 heavy (non-hydrogen) atoms. The topological polar surface area (TPSA) is 99.9 Å². The van der Waals surface area contributed by atoms with Gasteiger partial charge in [-0.05, 0) is 47.0 Å². The molecule has 11 heteroatoms. The fourth-order valence-electron chi connectivity index (χ4n) is 5.19. The molecule has 3 amide bonds. The van der Waals surface area contributed by atoms with Gasteiger partial charge < -0.3 is 14.4 Å². The number of rotatable bonds is 7. The van der Waals surface area contributed by atoms with Gasteiger partial charge in [0.2, 0.25) is 5.91 Å². The number of imidazole rings is 1. The van der Waals surface area contributed by atoms with E-state index in [1.54, 1.807) is 23.2 Å². The van der Waals surface area contributed by atoms with Crippen LogP contribution in [-0.2, 0) is 38.1 Å². The number of carbonyl (C=O) groups is 2. The molecule has 0 unspecified atom stereocenters. The number of imide groups is 1. The fourth-order valence-corrected chi connectivity index (χ4v) is 5.41. The van der Waals surface area contributed by atoms with Crippen molar-refractivity contribution in [1.29, 1.82) is 0 Å². The molecular formula is C31H31ClFN5O4. The minimum absolute atomic E-state index is 0.0665. The van der Waals surface area contributed by atoms with Gasteiger partial charge in [-0.1, -0.05) is 41.9 Å². The Morgan fingerprint density at radius 3 is 2.55 bits per heavy atom. The van der Waals surface area contributed by atoms with Crippen LogP contribution in [0.3, 0.4) is 0 Å². The summed E-state index contributed by atoms with van der Waals surface area (Å²) in [6.45, 7) is 2.82. The van der Waals surface area contributed by atoms with Crippen molar-refractivity contribution in [2.75, 3.05) is 18.6 Å². The molecule has 6 rings (SSSR count). The molecule has 2 aliphatic heterocycles. The summed E-state index contributed by atoms with van der Waals surface area (Å²) in [6.07, 6.45) is 1.93. The molecule has 0 atom stereocenters. The molecule has 0 saturated carbocycles. The molecule has 0 radical (unpaired) electrons. The molecule has 1 aromatic heterocycles. The first-order chi connectivity index (χ1) is 20.4. The number of halogens is 2. The number of benzene rings is 3. The van der Waals surface area contributed by atoms with Crippen LogP contribution in [0.4, 0.5) is 15.0 Å². The second kappa shape index (κ2) is 12.7. The number of hydrogen-bond donors (Lipinski definition) is 2. The first-order valence-corrected chi connectivity index (χ1v) is 13.8. The quantitative estimate of drug-likeness (QED) is 0.313. The summed E-state index contributed by atoms with van der Waals surface area (Å²) >= 11 is 6.09. The average molecular weight is 592 g/mol. The minimum Gasteiger partial charge on any atom is -0.489 e. The zero-order valence-electron chi connectivity index (χ0n) is 23.3. The molecule has 1 fully saturated rings. The van der Waals surface area contributed by atoms with Crippen LogP contribution in [-0.4, -0.2) is 45.2 Å². The average Bonchev–Trinajstić information content (AvgIpc) is 3.57. The monoisotopic (exact) mass is 591 g/mol. The van der Waals surface area contributed by atoms with Crippen molar-refractivity contribution in [3.05, 3.63) is 100.0 Å². The Morgan fingerprint density at radius 1 is 1.05 bits per heavy atom. The molecule has 1 saturated heterocycles. The van der Waals surface area contributed by atoms with Gasteiger partial charge in [0, 0.05) is 57.9 Å². The van der Waals surface area contributed by atoms with Gasteiger partial charge in [-0.2, -0.15) is 0 Å². The third kappa shape index (κ3) is 6.15. The Kier molecular flexibility index (Phi) is 8.86. The summed E-state index contributed by atoms with van der Waals surface area (Å²) in [7, 11) is 2.87. The Labute approximate surface area is 248 Å². The highest BCUT2D eigenvalue weighted by Crippen LogP contribution is 2.31. The van der Waals surface area contributed by atoms with Gasteiger partial charge in [-0.25, -0.2) is 14.2 Å². The number of hydrogen-bond acceptors (Lipinski definition) is 6. The van der Waals surface area contributed by atoms with Gasteiger partial charge in [0.15, 0.2) is 0 Å². The maximum Gasteiger partial charge on any atom is 0.329 e. The number of aromatic nitrogens is 2. The maximum atomic E-state index is 14.0. The van der Waals surface area contributed by atoms with E-state index >= 15 is 0 Å². The van der Waals surface area contributed by atoms with E-state index in [0.29, 0.717) is 28.7 Å². The van der Waals surface area contributed by atoms with Gasteiger partial charge in [0.25, 0.3) is 0 Å². The number of ether oxygens (including phenoxy) is 1. The zero-order chi connectivity index (χ0) is 29.8. The molecule has 218 valence electrons. The van der Waals surface area contributed by atoms with E-state index in [2.05, 4.69) is 33.4 Å². The van der Waals surface area contributed by atoms with E-state index in [1.807, 2.05) is 35.9 Å². The van der Waals surface area contributed by atoms with Crippen LogP contribution in [0.5, 0.6) is 5.75 Å². The Hall–Kier alpha value is -4.25. The summed E-state index contributed by atoms with van der Waals surface area (Å²) < 4.78 is 21.6. The van der Waals surface area contributed by atoms with Crippen molar-refractivity contribution in [2.24, 2.45) is 7.05 Å². The van der Waals surface area contributed by atoms with E-state index in [-0.39, 0.29) is 24.8 Å². The highest BCUT2D eigenvalue weighted by atomic mass is 35.5. The molecule has 0 aliphatic carbocycles. The van der Waals surface area contributed by atoms with Crippen molar-refractivity contribution >= 4 is 29.4 Å². The summed E-state index contributed by atoms with van der Waals surface area (Å²) in [5, 5.41) is 9.71. The van der Waals surface area contributed by atoms with Gasteiger partial charge in [-0.3, -0.25) is 19.9 Å². The third-order valence-corrected chi connectivity index (χ3v) is 7.68. The van der Waals surface area contributed by atoms with Crippen molar-refractivity contribution in [3.8, 4) is 17.1 Å². The molecule has 2 aliphatic rings. The zero-order valence-corrected chi connectivity index (χ0v) is 24.1. The van der Waals surface area contributed by atoms with Crippen molar-refractivity contribution < 1.29 is 23.8 Å². The van der Waals surface area contributed by atoms with Crippen LogP contribution in [0.15, 0.2) is 66.9 Å². The van der Waals surface area contributed by atoms with Gasteiger partial charge >= 0.3 is 6.03 Å². The predicted octanol–water partition coefficient (Wildman–Crippen LogP) is 5.03. The lowest BCUT2D eigenvalue weighted by Gasteiger charge is -2.26. The second-order valence-corrected chi connectivity index (χ2v) is 10.4. The van der Waals surface area contributed by atoms with E-state index in [1.165, 1.54) is 17.2 Å². The summed E-state index contributed by atoms with van der Waals surface area (Å²) in [6, 6.07) is 18.3. The Bertz CT molecular complexity index is 1590. The number of amides is 3. The van der Waals surface area contributed by atoms with Crippen LogP contribution in [0.1, 0.15) is 28.7 Å². The number of aliphatic hydroxyl groups is 1. The SMILES string of the molecule is CO.Cn1c(N2CCC(=O)NC2=O)cnc1-c1ccc2c(c1)CN(Cc1ccc(OCc3c(F)cccc3Cl)cc1)C2. The highest BCUT2D eigenvalue weighted by molar-refractivity contribution is 6.31. The lowest BCUT2D eigenvalue weighted by molar-refractivity contribution is -0.120. The molecular weight excluding hydrogens is 561 g/mol. The lowest BCUT2D eigenvalue weighted by atomic mass is 10.1. The van der Waals surface area contributed by atoms with Crippen molar-refractivity contribution in [3.63, 3.8) is 0 Å². The third-order valence-electron chi connectivity index (χ3n) is 7.32. The van der Waals surface area contributed by atoms with E-state index in [9.17, 15) is 14.0 Å². The van der Waals surface area contributed by atoms with Crippen LogP contribution in [0, 0.1) is 5.82 Å². The van der Waals surface area contributed by atoms with Crippen LogP contribution in [0.25, 0.3) is 11.4 Å². The second-order valence-electron chi connectivity index (χ2n) is 10.0. The van der Waals surface area contributed by atoms with Crippen molar-refractivity contribution in [2.45, 2.75) is 32.7 Å². The number of carbonyl (C=O) groups excluding carboxylic acids is 2. The summed E-state index contributed by atoms with van der Waals surface area (Å²) in [5.41, 5.74) is 4.98. The van der Waals surface area contributed by atoms with Gasteiger partial charge in [0.1, 0.15) is 29.8 Å². The van der Waals surface area contributed by atoms with E-state index in [0.717, 1.165) is 43.7 Å². The molecule has 3 aromatic carbocycles. The molecule has 2 N–H and O–H groups in total. The normalized spacial score (nSPS) is 14.7. The van der Waals surface area contributed by atoms with E-state index < -0.39 is 6.03 Å². The first kappa shape index (κ1) is 29.2. The standard InChI is InChI=1S/C30H27ClFN5O3.CH4O/c1-35-28(37-12-11-27(38)34-30(37)39)14-33-29(35)20-7-8-21-16-36(17-22(21)13-20)15-19-5-9-23(10-6-19)40-18-24-25(31)3-2-4-26(24)32;1-2/h2-10,13-14H,11-12,15-18H2,1H3,(H,34,38,39);2H,1H3. The van der Waals surface area contributed by atoms with Crippen molar-refractivity contribution in [1.82, 2.24) is 19.8 Å². The maximum absolute atomic E-state index is 14.0. The lowest BCUT2D eigenvalue weighted by Crippen LogP contribution is -2.50. The number of aliphatic hydroxyl groups excluding tert-OH is 1. The summed E-state index contributed by atoms with van der Waals surface area (Å²) in [4.78, 5) is 32.3. The van der Waals surface area contributed by atoms with Gasteiger partial charge in [0.05, 0.1) is 11.2 Å². The van der Waals surface area contributed by atoms with Crippen LogP contribution < -0.4 is 15.0 Å². The number of nitrogens with one attached hydrogen (secondary N) is 1. The number of fused-ring (bicyclic) bond motifs is 1. The minimum atomic E-state index is -0.426. The Balaban J connectivity index is 0.00000173. The summed E-state index contributed by atoms with van der Waals surface area (Å²) in [5.74, 6) is 1.41. The predicted molar refractivity (Wildman–Crippen MR) is 157 cm³/mol. The highest BCUT2D eigenvalue weighted by Gasteiger charge is 2.27. The fraction of sp³-hybridized carbons (Fsp3) is 0.258. The van der Waals surface area contributed by atoms with Crippen LogP contribution in [0.2, 0.25) is 5.02 Å². The smallest absolute Gasteiger partial charge is 0.329 e. The number of nitrogens with zero attached hydrogens (tertiary/aromatic N) is 4. The molecule has 4 aromatic rings. The largest absolute Gasteiger partial charge is 0.489 e. The molecule has 0 spiro atoms.